The second kappa shape index (κ2) is 8.97. The van der Waals surface area contributed by atoms with E-state index in [4.69, 9.17) is 25.5 Å². The number of piperazine rings is 1. The lowest BCUT2D eigenvalue weighted by molar-refractivity contribution is 0.112. The molecule has 1 aromatic carbocycles. The molecule has 0 bridgehead atoms. The summed E-state index contributed by atoms with van der Waals surface area (Å²) < 4.78 is 32.5. The molecule has 1 aliphatic carbocycles. The molecule has 0 spiro atoms. The van der Waals surface area contributed by atoms with Gasteiger partial charge in [-0.3, -0.25) is 9.69 Å². The molecule has 5 rings (SSSR count). The maximum absolute atomic E-state index is 16.2. The normalized spacial score (nSPS) is 20.8. The third kappa shape index (κ3) is 4.26. The molecule has 12 heteroatoms. The summed E-state index contributed by atoms with van der Waals surface area (Å²) in [6.45, 7) is 6.87. The standard InChI is InChI=1S/C24H25ClFN3O7/c1-11-7-27(8-12(2)28(11)9-17-13(3)34-24(33)36-17)21-16(25)6-15-20(19(21)26)29(14-4-5-14)10-18(22(15)30)35-23(31)32/h6,10-12,14H,4-5,7-9H2,1-3H3,(H,31,32). The van der Waals surface area contributed by atoms with Crippen molar-refractivity contribution in [3.05, 3.63) is 55.5 Å². The van der Waals surface area contributed by atoms with Crippen molar-refractivity contribution in [1.82, 2.24) is 9.47 Å². The van der Waals surface area contributed by atoms with Gasteiger partial charge in [0.05, 0.1) is 34.4 Å². The number of hydrogen-bond acceptors (Lipinski definition) is 8. The predicted octanol–water partition coefficient (Wildman–Crippen LogP) is 4.14. The number of hydrogen-bond donors (Lipinski definition) is 1. The highest BCUT2D eigenvalue weighted by Gasteiger charge is 2.35. The largest absolute Gasteiger partial charge is 0.519 e. The summed E-state index contributed by atoms with van der Waals surface area (Å²) in [5.41, 5.74) is -0.465. The van der Waals surface area contributed by atoms with Crippen LogP contribution in [0.1, 0.15) is 44.3 Å². The summed E-state index contributed by atoms with van der Waals surface area (Å²) in [7, 11) is 0. The summed E-state index contributed by atoms with van der Waals surface area (Å²) in [5.74, 6) is -0.884. The van der Waals surface area contributed by atoms with E-state index in [0.29, 0.717) is 31.2 Å². The molecule has 2 aromatic heterocycles. The van der Waals surface area contributed by atoms with Crippen molar-refractivity contribution in [2.75, 3.05) is 18.0 Å². The monoisotopic (exact) mass is 521 g/mol. The molecule has 2 atom stereocenters. The first-order chi connectivity index (χ1) is 17.0. The highest BCUT2D eigenvalue weighted by Crippen LogP contribution is 2.42. The van der Waals surface area contributed by atoms with Crippen LogP contribution in [0, 0.1) is 12.7 Å². The predicted molar refractivity (Wildman–Crippen MR) is 129 cm³/mol. The molecule has 1 N–H and O–H groups in total. The molecule has 1 saturated carbocycles. The zero-order valence-corrected chi connectivity index (χ0v) is 20.7. The molecule has 3 aromatic rings. The van der Waals surface area contributed by atoms with Crippen LogP contribution in [-0.4, -0.2) is 45.9 Å². The summed E-state index contributed by atoms with van der Waals surface area (Å²) in [5, 5.41) is 9.03. The second-order valence-corrected chi connectivity index (χ2v) is 9.86. The Morgan fingerprint density at radius 3 is 2.44 bits per heavy atom. The Bertz CT molecular complexity index is 1460. The summed E-state index contributed by atoms with van der Waals surface area (Å²) in [4.78, 5) is 39.4. The van der Waals surface area contributed by atoms with Gasteiger partial charge in [-0.25, -0.2) is 14.0 Å². The SMILES string of the molecule is Cc1oc(=O)oc1CN1C(C)CN(c2c(Cl)cc3c(=O)c(OC(=O)O)cn(C4CC4)c3c2F)CC1C. The number of anilines is 1. The lowest BCUT2D eigenvalue weighted by atomic mass is 10.0. The first-order valence-electron chi connectivity index (χ1n) is 11.6. The number of benzene rings is 1. The van der Waals surface area contributed by atoms with E-state index < -0.39 is 23.2 Å². The molecule has 1 saturated heterocycles. The lowest BCUT2D eigenvalue weighted by Crippen LogP contribution is -2.56. The Morgan fingerprint density at radius 2 is 1.89 bits per heavy atom. The Balaban J connectivity index is 1.53. The molecular formula is C24H25ClFN3O7. The minimum absolute atomic E-state index is 0.0305. The van der Waals surface area contributed by atoms with Crippen molar-refractivity contribution in [3.8, 4) is 5.75 Å². The van der Waals surface area contributed by atoms with Crippen LogP contribution in [0.5, 0.6) is 5.75 Å². The maximum Gasteiger partial charge on any atom is 0.519 e. The third-order valence-corrected chi connectivity index (χ3v) is 7.16. The van der Waals surface area contributed by atoms with Crippen LogP contribution in [0.3, 0.4) is 0 Å². The van der Waals surface area contributed by atoms with Gasteiger partial charge in [0.1, 0.15) is 5.76 Å². The molecule has 0 radical (unpaired) electrons. The van der Waals surface area contributed by atoms with Gasteiger partial charge in [-0.05, 0) is 39.7 Å². The Hall–Kier alpha value is -3.31. The fraction of sp³-hybridized carbons (Fsp3) is 0.458. The highest BCUT2D eigenvalue weighted by atomic mass is 35.5. The van der Waals surface area contributed by atoms with Crippen molar-refractivity contribution < 1.29 is 27.9 Å². The van der Waals surface area contributed by atoms with E-state index in [1.54, 1.807) is 11.5 Å². The molecule has 2 fully saturated rings. The van der Waals surface area contributed by atoms with Crippen LogP contribution in [0.15, 0.2) is 30.7 Å². The molecule has 2 aliphatic rings. The fourth-order valence-electron chi connectivity index (χ4n) is 5.04. The highest BCUT2D eigenvalue weighted by molar-refractivity contribution is 6.34. The van der Waals surface area contributed by atoms with Gasteiger partial charge >= 0.3 is 12.0 Å². The molecule has 0 amide bonds. The number of ether oxygens (including phenoxy) is 1. The van der Waals surface area contributed by atoms with Gasteiger partial charge in [-0.1, -0.05) is 11.6 Å². The van der Waals surface area contributed by atoms with Gasteiger partial charge in [-0.2, -0.15) is 0 Å². The van der Waals surface area contributed by atoms with Gasteiger partial charge in [0.25, 0.3) is 0 Å². The van der Waals surface area contributed by atoms with Gasteiger partial charge < -0.3 is 28.1 Å². The van der Waals surface area contributed by atoms with E-state index in [1.165, 1.54) is 12.3 Å². The van der Waals surface area contributed by atoms with Crippen molar-refractivity contribution in [2.24, 2.45) is 0 Å². The number of rotatable bonds is 5. The average Bonchev–Trinajstić information content (AvgIpc) is 3.57. The molecule has 3 heterocycles. The first kappa shape index (κ1) is 24.4. The van der Waals surface area contributed by atoms with Crippen LogP contribution in [-0.2, 0) is 6.54 Å². The number of carboxylic acid groups (broad SMARTS) is 1. The van der Waals surface area contributed by atoms with E-state index in [0.717, 1.165) is 12.8 Å². The lowest BCUT2D eigenvalue weighted by Gasteiger charge is -2.45. The smallest absolute Gasteiger partial charge is 0.449 e. The van der Waals surface area contributed by atoms with Gasteiger partial charge in [-0.15, -0.1) is 0 Å². The van der Waals surface area contributed by atoms with E-state index in [-0.39, 0.29) is 45.5 Å². The van der Waals surface area contributed by atoms with Crippen LogP contribution in [0.2, 0.25) is 5.02 Å². The third-order valence-electron chi connectivity index (χ3n) is 6.87. The number of fused-ring (bicyclic) bond motifs is 1. The topological polar surface area (TPSA) is 118 Å². The number of aromatic nitrogens is 1. The van der Waals surface area contributed by atoms with Crippen molar-refractivity contribution in [3.63, 3.8) is 0 Å². The molecular weight excluding hydrogens is 497 g/mol. The van der Waals surface area contributed by atoms with E-state index >= 15 is 4.39 Å². The van der Waals surface area contributed by atoms with E-state index in [9.17, 15) is 14.4 Å². The molecule has 10 nitrogen and oxygen atoms in total. The molecule has 1 aliphatic heterocycles. The number of aryl methyl sites for hydroxylation is 1. The Morgan fingerprint density at radius 1 is 1.22 bits per heavy atom. The van der Waals surface area contributed by atoms with E-state index in [1.807, 2.05) is 18.7 Å². The van der Waals surface area contributed by atoms with Crippen molar-refractivity contribution in [2.45, 2.75) is 58.3 Å². The first-order valence-corrected chi connectivity index (χ1v) is 12.0. The Kier molecular flexibility index (Phi) is 6.08. The minimum atomic E-state index is -1.62. The summed E-state index contributed by atoms with van der Waals surface area (Å²) in [6.07, 6.45) is 1.19. The van der Waals surface area contributed by atoms with Crippen LogP contribution in [0.4, 0.5) is 14.9 Å². The summed E-state index contributed by atoms with van der Waals surface area (Å²) in [6, 6.07) is 1.21. The van der Waals surface area contributed by atoms with Crippen LogP contribution >= 0.6 is 11.6 Å². The number of carbonyl (C=O) groups is 1. The molecule has 192 valence electrons. The van der Waals surface area contributed by atoms with Crippen LogP contribution < -0.4 is 20.9 Å². The number of nitrogens with zero attached hydrogens (tertiary/aromatic N) is 3. The minimum Gasteiger partial charge on any atom is -0.449 e. The van der Waals surface area contributed by atoms with Gasteiger partial charge in [0.2, 0.25) is 5.43 Å². The number of halogens is 2. The van der Waals surface area contributed by atoms with Crippen molar-refractivity contribution in [1.29, 1.82) is 0 Å². The van der Waals surface area contributed by atoms with Crippen molar-refractivity contribution >= 4 is 34.3 Å². The number of pyridine rings is 1. The molecule has 2 unspecified atom stereocenters. The zero-order chi connectivity index (χ0) is 25.9. The van der Waals surface area contributed by atoms with Crippen LogP contribution in [0.25, 0.3) is 10.9 Å². The maximum atomic E-state index is 16.2. The fourth-order valence-corrected chi connectivity index (χ4v) is 5.35. The Labute approximate surface area is 209 Å². The van der Waals surface area contributed by atoms with Gasteiger partial charge in [0.15, 0.2) is 17.3 Å². The zero-order valence-electron chi connectivity index (χ0n) is 19.9. The van der Waals surface area contributed by atoms with E-state index in [2.05, 4.69) is 9.64 Å². The summed E-state index contributed by atoms with van der Waals surface area (Å²) >= 11 is 6.54. The molecule has 36 heavy (non-hydrogen) atoms. The van der Waals surface area contributed by atoms with Gasteiger partial charge in [0, 0.05) is 31.2 Å². The quantitative estimate of drug-likeness (QED) is 0.494. The average molecular weight is 522 g/mol. The second-order valence-electron chi connectivity index (χ2n) is 9.45.